The standard InChI is InChI=1S/C19H21N3O2/c23-18(21-17-11-5-2-6-12-17)13-14-19(24)22-20-15-7-10-16-8-3-1-4-9-16/h1-6,8-9,11-12,15H,7,10,13-14H2,(H,21,23)(H,22,24)/b20-15+. The summed E-state index contributed by atoms with van der Waals surface area (Å²) in [6.45, 7) is 0. The third-order valence-electron chi connectivity index (χ3n) is 3.32. The van der Waals surface area contributed by atoms with Crippen LogP contribution in [0.25, 0.3) is 0 Å². The van der Waals surface area contributed by atoms with Crippen molar-refractivity contribution in [3.63, 3.8) is 0 Å². The van der Waals surface area contributed by atoms with Gasteiger partial charge < -0.3 is 5.32 Å². The van der Waals surface area contributed by atoms with Gasteiger partial charge in [0.15, 0.2) is 0 Å². The number of hydrazone groups is 1. The van der Waals surface area contributed by atoms with Gasteiger partial charge in [-0.2, -0.15) is 5.10 Å². The quantitative estimate of drug-likeness (QED) is 0.579. The van der Waals surface area contributed by atoms with Crippen molar-refractivity contribution in [1.82, 2.24) is 5.43 Å². The minimum atomic E-state index is -0.269. The lowest BCUT2D eigenvalue weighted by Gasteiger charge is -2.04. The van der Waals surface area contributed by atoms with Gasteiger partial charge in [-0.3, -0.25) is 9.59 Å². The van der Waals surface area contributed by atoms with Gasteiger partial charge >= 0.3 is 0 Å². The number of benzene rings is 2. The third-order valence-corrected chi connectivity index (χ3v) is 3.32. The molecule has 0 atom stereocenters. The molecule has 5 heteroatoms. The maximum atomic E-state index is 11.7. The molecule has 0 bridgehead atoms. The predicted octanol–water partition coefficient (Wildman–Crippen LogP) is 3.14. The summed E-state index contributed by atoms with van der Waals surface area (Å²) in [7, 11) is 0. The molecule has 124 valence electrons. The highest BCUT2D eigenvalue weighted by Crippen LogP contribution is 2.06. The summed E-state index contributed by atoms with van der Waals surface area (Å²) in [5.41, 5.74) is 4.39. The van der Waals surface area contributed by atoms with Crippen molar-refractivity contribution in [1.29, 1.82) is 0 Å². The van der Waals surface area contributed by atoms with E-state index in [0.717, 1.165) is 18.5 Å². The molecule has 0 aromatic heterocycles. The topological polar surface area (TPSA) is 70.6 Å². The van der Waals surface area contributed by atoms with Crippen LogP contribution in [-0.4, -0.2) is 18.0 Å². The van der Waals surface area contributed by atoms with Gasteiger partial charge in [-0.25, -0.2) is 5.43 Å². The fourth-order valence-corrected chi connectivity index (χ4v) is 2.09. The monoisotopic (exact) mass is 323 g/mol. The van der Waals surface area contributed by atoms with Gasteiger partial charge in [0.05, 0.1) is 0 Å². The number of carbonyl (C=O) groups is 2. The summed E-state index contributed by atoms with van der Waals surface area (Å²) in [6.07, 6.45) is 3.53. The van der Waals surface area contributed by atoms with Gasteiger partial charge in [-0.05, 0) is 30.5 Å². The lowest BCUT2D eigenvalue weighted by Crippen LogP contribution is -2.20. The number of nitrogens with one attached hydrogen (secondary N) is 2. The Morgan fingerprint density at radius 2 is 1.50 bits per heavy atom. The summed E-state index contributed by atoms with van der Waals surface area (Å²) in [4.78, 5) is 23.3. The number of hydrogen-bond acceptors (Lipinski definition) is 3. The zero-order chi connectivity index (χ0) is 17.0. The summed E-state index contributed by atoms with van der Waals surface area (Å²) < 4.78 is 0. The zero-order valence-corrected chi connectivity index (χ0v) is 13.4. The lowest BCUT2D eigenvalue weighted by molar-refractivity contribution is -0.124. The Kier molecular flexibility index (Phi) is 7.21. The fourth-order valence-electron chi connectivity index (χ4n) is 2.09. The highest BCUT2D eigenvalue weighted by Gasteiger charge is 2.06. The van der Waals surface area contributed by atoms with E-state index in [0.29, 0.717) is 0 Å². The Hall–Kier alpha value is -2.95. The molecule has 2 aromatic rings. The molecule has 0 unspecified atom stereocenters. The van der Waals surface area contributed by atoms with Crippen LogP contribution in [0.1, 0.15) is 24.8 Å². The Morgan fingerprint density at radius 3 is 2.21 bits per heavy atom. The normalized spacial score (nSPS) is 10.5. The molecule has 0 fully saturated rings. The van der Waals surface area contributed by atoms with Crippen LogP contribution < -0.4 is 10.7 Å². The molecule has 0 heterocycles. The molecule has 2 amide bonds. The summed E-state index contributed by atoms with van der Waals surface area (Å²) >= 11 is 0. The minimum Gasteiger partial charge on any atom is -0.326 e. The van der Waals surface area contributed by atoms with E-state index in [4.69, 9.17) is 0 Å². The predicted molar refractivity (Wildman–Crippen MR) is 95.7 cm³/mol. The molecule has 0 radical (unpaired) electrons. The summed E-state index contributed by atoms with van der Waals surface area (Å²) in [5, 5.41) is 6.63. The van der Waals surface area contributed by atoms with E-state index < -0.39 is 0 Å². The van der Waals surface area contributed by atoms with Crippen molar-refractivity contribution in [2.75, 3.05) is 5.32 Å². The van der Waals surface area contributed by atoms with Gasteiger partial charge in [-0.15, -0.1) is 0 Å². The second-order valence-corrected chi connectivity index (χ2v) is 5.29. The summed E-state index contributed by atoms with van der Waals surface area (Å²) in [6, 6.07) is 19.2. The first-order chi connectivity index (χ1) is 11.7. The average Bonchev–Trinajstić information content (AvgIpc) is 2.61. The number of hydrogen-bond donors (Lipinski definition) is 2. The maximum absolute atomic E-state index is 11.7. The molecule has 0 saturated carbocycles. The first-order valence-corrected chi connectivity index (χ1v) is 7.93. The highest BCUT2D eigenvalue weighted by atomic mass is 16.2. The smallest absolute Gasteiger partial charge is 0.240 e. The second-order valence-electron chi connectivity index (χ2n) is 5.29. The van der Waals surface area contributed by atoms with Gasteiger partial charge in [0.25, 0.3) is 0 Å². The molecular formula is C19H21N3O2. The van der Waals surface area contributed by atoms with E-state index in [1.807, 2.05) is 36.4 Å². The van der Waals surface area contributed by atoms with Crippen molar-refractivity contribution < 1.29 is 9.59 Å². The van der Waals surface area contributed by atoms with E-state index in [1.54, 1.807) is 18.3 Å². The third kappa shape index (κ3) is 6.87. The molecule has 5 nitrogen and oxygen atoms in total. The second kappa shape index (κ2) is 9.94. The molecule has 0 aliphatic heterocycles. The largest absolute Gasteiger partial charge is 0.326 e. The van der Waals surface area contributed by atoms with E-state index >= 15 is 0 Å². The van der Waals surface area contributed by atoms with Gasteiger partial charge in [0, 0.05) is 24.7 Å². The van der Waals surface area contributed by atoms with Crippen LogP contribution in [-0.2, 0) is 16.0 Å². The molecule has 24 heavy (non-hydrogen) atoms. The molecular weight excluding hydrogens is 302 g/mol. The van der Waals surface area contributed by atoms with Crippen LogP contribution in [0.4, 0.5) is 5.69 Å². The van der Waals surface area contributed by atoms with E-state index in [9.17, 15) is 9.59 Å². The molecule has 2 aromatic carbocycles. The van der Waals surface area contributed by atoms with Crippen molar-refractivity contribution >= 4 is 23.7 Å². The number of rotatable bonds is 8. The van der Waals surface area contributed by atoms with Crippen molar-refractivity contribution in [2.45, 2.75) is 25.7 Å². The number of carbonyl (C=O) groups excluding carboxylic acids is 2. The molecule has 0 spiro atoms. The van der Waals surface area contributed by atoms with Crippen molar-refractivity contribution in [2.24, 2.45) is 5.10 Å². The SMILES string of the molecule is O=C(CCC(=O)Nc1ccccc1)N/N=C/CCc1ccccc1. The average molecular weight is 323 g/mol. The van der Waals surface area contributed by atoms with Crippen LogP contribution in [0.2, 0.25) is 0 Å². The molecule has 2 N–H and O–H groups in total. The number of nitrogens with zero attached hydrogens (tertiary/aromatic N) is 1. The molecule has 0 aliphatic carbocycles. The Labute approximate surface area is 141 Å². The van der Waals surface area contributed by atoms with E-state index in [-0.39, 0.29) is 24.7 Å². The number of amides is 2. The van der Waals surface area contributed by atoms with Gasteiger partial charge in [0.2, 0.25) is 11.8 Å². The highest BCUT2D eigenvalue weighted by molar-refractivity contribution is 5.93. The fraction of sp³-hybridized carbons (Fsp3) is 0.211. The maximum Gasteiger partial charge on any atom is 0.240 e. The van der Waals surface area contributed by atoms with Crippen molar-refractivity contribution in [3.8, 4) is 0 Å². The minimum absolute atomic E-state index is 0.106. The number of para-hydroxylation sites is 1. The van der Waals surface area contributed by atoms with Crippen LogP contribution in [0.3, 0.4) is 0 Å². The van der Waals surface area contributed by atoms with Crippen LogP contribution in [0.5, 0.6) is 0 Å². The molecule has 0 aliphatic rings. The van der Waals surface area contributed by atoms with Gasteiger partial charge in [-0.1, -0.05) is 48.5 Å². The van der Waals surface area contributed by atoms with Crippen LogP contribution in [0.15, 0.2) is 65.8 Å². The number of anilines is 1. The summed E-state index contributed by atoms with van der Waals surface area (Å²) in [5.74, 6) is -0.460. The Morgan fingerprint density at radius 1 is 0.875 bits per heavy atom. The van der Waals surface area contributed by atoms with E-state index in [2.05, 4.69) is 28.0 Å². The Bertz CT molecular complexity index is 670. The lowest BCUT2D eigenvalue weighted by atomic mass is 10.1. The molecule has 2 rings (SSSR count). The number of aryl methyl sites for hydroxylation is 1. The van der Waals surface area contributed by atoms with Gasteiger partial charge in [0.1, 0.15) is 0 Å². The Balaban J connectivity index is 1.59. The molecule has 0 saturated heterocycles. The first-order valence-electron chi connectivity index (χ1n) is 7.93. The van der Waals surface area contributed by atoms with Crippen LogP contribution >= 0.6 is 0 Å². The van der Waals surface area contributed by atoms with E-state index in [1.165, 1.54) is 5.56 Å². The van der Waals surface area contributed by atoms with Crippen molar-refractivity contribution in [3.05, 3.63) is 66.2 Å². The first kappa shape index (κ1) is 17.4. The zero-order valence-electron chi connectivity index (χ0n) is 13.4. The van der Waals surface area contributed by atoms with Crippen LogP contribution in [0, 0.1) is 0 Å².